The molecule has 0 radical (unpaired) electrons. The van der Waals surface area contributed by atoms with Crippen molar-refractivity contribution in [2.24, 2.45) is 0 Å². The SMILES string of the molecule is O=C1CC(N2C(=O)C(=Cc3ccccc3)SC2=S)C(=O)N1c1ccccc1. The first-order valence-electron chi connectivity index (χ1n) is 8.30. The molecule has 2 aromatic carbocycles. The zero-order valence-corrected chi connectivity index (χ0v) is 15.7. The van der Waals surface area contributed by atoms with E-state index >= 15 is 0 Å². The molecular formula is C20H14N2O3S2. The van der Waals surface area contributed by atoms with Crippen molar-refractivity contribution in [1.29, 1.82) is 0 Å². The monoisotopic (exact) mass is 394 g/mol. The first-order chi connectivity index (χ1) is 13.1. The number of anilines is 1. The van der Waals surface area contributed by atoms with Crippen LogP contribution in [0.1, 0.15) is 12.0 Å². The lowest BCUT2D eigenvalue weighted by Crippen LogP contribution is -2.44. The van der Waals surface area contributed by atoms with Gasteiger partial charge in [0.25, 0.3) is 11.8 Å². The van der Waals surface area contributed by atoms with E-state index in [0.29, 0.717) is 14.9 Å². The maximum Gasteiger partial charge on any atom is 0.266 e. The molecule has 0 saturated carbocycles. The highest BCUT2D eigenvalue weighted by molar-refractivity contribution is 8.26. The van der Waals surface area contributed by atoms with E-state index in [1.54, 1.807) is 30.3 Å². The maximum atomic E-state index is 12.9. The zero-order valence-electron chi connectivity index (χ0n) is 14.1. The molecule has 0 spiro atoms. The van der Waals surface area contributed by atoms with E-state index < -0.39 is 11.9 Å². The Morgan fingerprint density at radius 2 is 1.59 bits per heavy atom. The molecule has 2 aromatic rings. The number of carbonyl (C=O) groups is 3. The Bertz CT molecular complexity index is 973. The van der Waals surface area contributed by atoms with Crippen LogP contribution in [-0.4, -0.2) is 33.0 Å². The molecule has 2 aliphatic rings. The van der Waals surface area contributed by atoms with Gasteiger partial charge >= 0.3 is 0 Å². The van der Waals surface area contributed by atoms with Crippen molar-refractivity contribution in [3.63, 3.8) is 0 Å². The van der Waals surface area contributed by atoms with Crippen molar-refractivity contribution in [2.75, 3.05) is 4.90 Å². The van der Waals surface area contributed by atoms with Crippen LogP contribution in [0.2, 0.25) is 0 Å². The van der Waals surface area contributed by atoms with Crippen molar-refractivity contribution < 1.29 is 14.4 Å². The van der Waals surface area contributed by atoms with Crippen LogP contribution in [0.15, 0.2) is 65.6 Å². The summed E-state index contributed by atoms with van der Waals surface area (Å²) >= 11 is 6.49. The quantitative estimate of drug-likeness (QED) is 0.455. The summed E-state index contributed by atoms with van der Waals surface area (Å²) in [5, 5.41) is 0. The smallest absolute Gasteiger partial charge is 0.266 e. The summed E-state index contributed by atoms with van der Waals surface area (Å²) in [7, 11) is 0. The van der Waals surface area contributed by atoms with Gasteiger partial charge in [-0.3, -0.25) is 19.3 Å². The van der Waals surface area contributed by atoms with Gasteiger partial charge in [0.1, 0.15) is 10.4 Å². The van der Waals surface area contributed by atoms with Gasteiger partial charge in [-0.1, -0.05) is 72.5 Å². The topological polar surface area (TPSA) is 57.7 Å². The highest BCUT2D eigenvalue weighted by Crippen LogP contribution is 2.37. The number of para-hydroxylation sites is 1. The summed E-state index contributed by atoms with van der Waals surface area (Å²) in [6.07, 6.45) is 1.67. The van der Waals surface area contributed by atoms with Gasteiger partial charge in [-0.15, -0.1) is 0 Å². The number of benzene rings is 2. The van der Waals surface area contributed by atoms with E-state index in [4.69, 9.17) is 12.2 Å². The summed E-state index contributed by atoms with van der Waals surface area (Å²) in [6.45, 7) is 0. The second-order valence-electron chi connectivity index (χ2n) is 6.09. The molecule has 0 N–H and O–H groups in total. The molecule has 3 amide bonds. The number of rotatable bonds is 3. The lowest BCUT2D eigenvalue weighted by atomic mass is 10.2. The van der Waals surface area contributed by atoms with Gasteiger partial charge in [-0.05, 0) is 23.8 Å². The molecule has 1 atom stereocenters. The van der Waals surface area contributed by atoms with E-state index in [9.17, 15) is 14.4 Å². The van der Waals surface area contributed by atoms with Crippen LogP contribution in [0.5, 0.6) is 0 Å². The van der Waals surface area contributed by atoms with Gasteiger partial charge in [0.2, 0.25) is 5.91 Å². The number of hydrogen-bond acceptors (Lipinski definition) is 5. The molecule has 2 aliphatic heterocycles. The Hall–Kier alpha value is -2.77. The van der Waals surface area contributed by atoms with Gasteiger partial charge in [-0.2, -0.15) is 0 Å². The molecule has 4 rings (SSSR count). The number of nitrogens with zero attached hydrogens (tertiary/aromatic N) is 2. The van der Waals surface area contributed by atoms with E-state index in [1.807, 2.05) is 36.4 Å². The summed E-state index contributed by atoms with van der Waals surface area (Å²) < 4.78 is 0.295. The lowest BCUT2D eigenvalue weighted by Gasteiger charge is -2.21. The van der Waals surface area contributed by atoms with Gasteiger partial charge in [0.15, 0.2) is 0 Å². The van der Waals surface area contributed by atoms with Crippen LogP contribution in [0, 0.1) is 0 Å². The second kappa shape index (κ2) is 7.09. The summed E-state index contributed by atoms with van der Waals surface area (Å²) in [4.78, 5) is 41.0. The van der Waals surface area contributed by atoms with E-state index in [-0.39, 0.29) is 18.2 Å². The number of carbonyl (C=O) groups excluding carboxylic acids is 3. The van der Waals surface area contributed by atoms with Crippen LogP contribution in [0.4, 0.5) is 5.69 Å². The number of amides is 3. The predicted molar refractivity (Wildman–Crippen MR) is 109 cm³/mol. The molecule has 0 aliphatic carbocycles. The summed E-state index contributed by atoms with van der Waals surface area (Å²) in [5.41, 5.74) is 1.37. The molecular weight excluding hydrogens is 380 g/mol. The Morgan fingerprint density at radius 3 is 2.26 bits per heavy atom. The van der Waals surface area contributed by atoms with Crippen molar-refractivity contribution in [3.8, 4) is 0 Å². The summed E-state index contributed by atoms with van der Waals surface area (Å²) in [5.74, 6) is -1.10. The van der Waals surface area contributed by atoms with Gasteiger partial charge in [0, 0.05) is 0 Å². The lowest BCUT2D eigenvalue weighted by molar-refractivity contribution is -0.129. The second-order valence-corrected chi connectivity index (χ2v) is 7.76. The van der Waals surface area contributed by atoms with Gasteiger partial charge in [0.05, 0.1) is 17.0 Å². The third-order valence-electron chi connectivity index (χ3n) is 4.37. The molecule has 27 heavy (non-hydrogen) atoms. The molecule has 2 heterocycles. The maximum absolute atomic E-state index is 12.9. The predicted octanol–water partition coefficient (Wildman–Crippen LogP) is 3.22. The third kappa shape index (κ3) is 3.20. The summed E-state index contributed by atoms with van der Waals surface area (Å²) in [6, 6.07) is 17.2. The fraction of sp³-hybridized carbons (Fsp3) is 0.100. The third-order valence-corrected chi connectivity index (χ3v) is 5.70. The minimum absolute atomic E-state index is 0.0707. The van der Waals surface area contributed by atoms with Crippen molar-refractivity contribution >= 4 is 57.8 Å². The van der Waals surface area contributed by atoms with Gasteiger partial charge in [-0.25, -0.2) is 4.90 Å². The van der Waals surface area contributed by atoms with Crippen molar-refractivity contribution in [1.82, 2.24) is 4.90 Å². The normalized spacial score (nSPS) is 21.6. The minimum Gasteiger partial charge on any atom is -0.280 e. The highest BCUT2D eigenvalue weighted by Gasteiger charge is 2.48. The highest BCUT2D eigenvalue weighted by atomic mass is 32.2. The number of imide groups is 1. The van der Waals surface area contributed by atoms with Crippen LogP contribution >= 0.6 is 24.0 Å². The fourth-order valence-corrected chi connectivity index (χ4v) is 4.47. The van der Waals surface area contributed by atoms with Crippen molar-refractivity contribution in [3.05, 3.63) is 71.1 Å². The average molecular weight is 394 g/mol. The molecule has 5 nitrogen and oxygen atoms in total. The molecule has 0 bridgehead atoms. The van der Waals surface area contributed by atoms with Gasteiger partial charge < -0.3 is 0 Å². The first-order valence-corrected chi connectivity index (χ1v) is 9.52. The van der Waals surface area contributed by atoms with E-state index in [2.05, 4.69) is 0 Å². The molecule has 1 unspecified atom stereocenters. The van der Waals surface area contributed by atoms with E-state index in [1.165, 1.54) is 4.90 Å². The number of thioether (sulfide) groups is 1. The standard InChI is InChI=1S/C20H14N2O3S2/c23-17-12-15(18(24)21(17)14-9-5-2-6-10-14)22-19(25)16(27-20(22)26)11-13-7-3-1-4-8-13/h1-11,15H,12H2. The Morgan fingerprint density at radius 1 is 0.963 bits per heavy atom. The Balaban J connectivity index is 1.61. The first kappa shape index (κ1) is 17.6. The van der Waals surface area contributed by atoms with E-state index in [0.717, 1.165) is 22.2 Å². The fourth-order valence-electron chi connectivity index (χ4n) is 3.12. The number of hydrogen-bond donors (Lipinski definition) is 0. The molecule has 0 aromatic heterocycles. The Labute approximate surface area is 165 Å². The average Bonchev–Trinajstić information content (AvgIpc) is 3.11. The zero-order chi connectivity index (χ0) is 19.0. The van der Waals surface area contributed by atoms with Crippen LogP contribution in [-0.2, 0) is 14.4 Å². The van der Waals surface area contributed by atoms with Crippen LogP contribution < -0.4 is 4.90 Å². The molecule has 2 saturated heterocycles. The van der Waals surface area contributed by atoms with Crippen LogP contribution in [0.3, 0.4) is 0 Å². The van der Waals surface area contributed by atoms with Crippen molar-refractivity contribution in [2.45, 2.75) is 12.5 Å². The van der Waals surface area contributed by atoms with Crippen LogP contribution in [0.25, 0.3) is 6.08 Å². The molecule has 134 valence electrons. The largest absolute Gasteiger partial charge is 0.280 e. The Kier molecular flexibility index (Phi) is 4.63. The molecule has 2 fully saturated rings. The number of thiocarbonyl (C=S) groups is 1. The molecule has 7 heteroatoms. The minimum atomic E-state index is -0.896.